The van der Waals surface area contributed by atoms with Crippen molar-refractivity contribution in [2.45, 2.75) is 26.2 Å². The number of hydrogen-bond donors (Lipinski definition) is 1. The molecule has 2 bridgehead atoms. The Bertz CT molecular complexity index is 155. The molecule has 0 spiro atoms. The molecule has 2 heteroatoms. The molecule has 1 saturated carbocycles. The first-order chi connectivity index (χ1) is 6.35. The molecular weight excluding hydrogens is 160 g/mol. The van der Waals surface area contributed by atoms with Crippen molar-refractivity contribution in [2.24, 2.45) is 23.5 Å². The maximum Gasteiger partial charge on any atom is 0.00124 e. The van der Waals surface area contributed by atoms with Crippen molar-refractivity contribution >= 4 is 0 Å². The first-order valence-electron chi connectivity index (χ1n) is 5.77. The summed E-state index contributed by atoms with van der Waals surface area (Å²) in [5, 5.41) is 0. The second-order valence-electron chi connectivity index (χ2n) is 4.69. The van der Waals surface area contributed by atoms with Gasteiger partial charge in [0, 0.05) is 13.1 Å². The molecule has 2 N–H and O–H groups in total. The van der Waals surface area contributed by atoms with Gasteiger partial charge in [0.15, 0.2) is 0 Å². The van der Waals surface area contributed by atoms with Gasteiger partial charge < -0.3 is 10.6 Å². The van der Waals surface area contributed by atoms with Crippen molar-refractivity contribution < 1.29 is 0 Å². The van der Waals surface area contributed by atoms with E-state index in [2.05, 4.69) is 11.8 Å². The van der Waals surface area contributed by atoms with Gasteiger partial charge in [0.05, 0.1) is 0 Å². The maximum atomic E-state index is 5.67. The second-order valence-corrected chi connectivity index (χ2v) is 4.69. The zero-order chi connectivity index (χ0) is 9.26. The largest absolute Gasteiger partial charge is 0.330 e. The van der Waals surface area contributed by atoms with Gasteiger partial charge in [0.1, 0.15) is 0 Å². The average Bonchev–Trinajstić information content (AvgIpc) is 2.39. The van der Waals surface area contributed by atoms with Gasteiger partial charge in [-0.2, -0.15) is 0 Å². The van der Waals surface area contributed by atoms with Crippen LogP contribution < -0.4 is 5.73 Å². The molecule has 2 unspecified atom stereocenters. The van der Waals surface area contributed by atoms with Crippen LogP contribution in [0.15, 0.2) is 0 Å². The average molecular weight is 182 g/mol. The van der Waals surface area contributed by atoms with Crippen molar-refractivity contribution in [2.75, 3.05) is 26.2 Å². The molecule has 2 rings (SSSR count). The monoisotopic (exact) mass is 182 g/mol. The van der Waals surface area contributed by atoms with Crippen LogP contribution in [-0.4, -0.2) is 31.1 Å². The van der Waals surface area contributed by atoms with Gasteiger partial charge in [-0.05, 0) is 50.1 Å². The Kier molecular flexibility index (Phi) is 2.89. The number of nitrogens with two attached hydrogens (primary N) is 1. The predicted octanol–water partition coefficient (Wildman–Crippen LogP) is 1.31. The van der Waals surface area contributed by atoms with E-state index in [-0.39, 0.29) is 0 Å². The first-order valence-corrected chi connectivity index (χ1v) is 5.77. The quantitative estimate of drug-likeness (QED) is 0.713. The second kappa shape index (κ2) is 3.97. The molecule has 1 heterocycles. The van der Waals surface area contributed by atoms with Gasteiger partial charge in [-0.3, -0.25) is 0 Å². The molecule has 0 radical (unpaired) electrons. The van der Waals surface area contributed by atoms with E-state index in [9.17, 15) is 0 Å². The van der Waals surface area contributed by atoms with Gasteiger partial charge in [-0.25, -0.2) is 0 Å². The summed E-state index contributed by atoms with van der Waals surface area (Å²) >= 11 is 0. The molecule has 2 atom stereocenters. The van der Waals surface area contributed by atoms with Gasteiger partial charge in [0.2, 0.25) is 0 Å². The summed E-state index contributed by atoms with van der Waals surface area (Å²) in [6.45, 7) is 7.10. The summed E-state index contributed by atoms with van der Waals surface area (Å²) in [6, 6.07) is 0. The Morgan fingerprint density at radius 1 is 1.23 bits per heavy atom. The minimum absolute atomic E-state index is 0.893. The van der Waals surface area contributed by atoms with Gasteiger partial charge in [-0.1, -0.05) is 6.92 Å². The Labute approximate surface area is 81.5 Å². The van der Waals surface area contributed by atoms with E-state index in [0.717, 1.165) is 24.3 Å². The lowest BCUT2D eigenvalue weighted by Crippen LogP contribution is -2.42. The van der Waals surface area contributed by atoms with Crippen LogP contribution in [0.25, 0.3) is 0 Å². The van der Waals surface area contributed by atoms with Crippen LogP contribution in [0.5, 0.6) is 0 Å². The summed E-state index contributed by atoms with van der Waals surface area (Å²) in [6.07, 6.45) is 4.20. The summed E-state index contributed by atoms with van der Waals surface area (Å²) in [4.78, 5) is 2.62. The fraction of sp³-hybridized carbons (Fsp3) is 1.00. The molecule has 0 amide bonds. The van der Waals surface area contributed by atoms with Crippen LogP contribution in [0.1, 0.15) is 26.2 Å². The molecule has 1 saturated heterocycles. The normalized spacial score (nSPS) is 39.7. The standard InChI is InChI=1S/C11H22N2/c1-2-13-7-9-3-4-10(8-13)11(9)5-6-12/h9-11H,2-8,12H2,1H3. The molecule has 0 aromatic carbocycles. The molecule has 76 valence electrons. The molecular formula is C11H22N2. The molecule has 1 aliphatic carbocycles. The van der Waals surface area contributed by atoms with Gasteiger partial charge in [-0.15, -0.1) is 0 Å². The van der Waals surface area contributed by atoms with Crippen molar-refractivity contribution in [3.63, 3.8) is 0 Å². The molecule has 1 aliphatic heterocycles. The number of fused-ring (bicyclic) bond motifs is 2. The Morgan fingerprint density at radius 2 is 1.85 bits per heavy atom. The number of hydrogen-bond acceptors (Lipinski definition) is 2. The maximum absolute atomic E-state index is 5.67. The zero-order valence-electron chi connectivity index (χ0n) is 8.71. The van der Waals surface area contributed by atoms with Crippen LogP contribution >= 0.6 is 0 Å². The van der Waals surface area contributed by atoms with E-state index in [1.54, 1.807) is 0 Å². The fourth-order valence-electron chi connectivity index (χ4n) is 3.35. The van der Waals surface area contributed by atoms with Crippen molar-refractivity contribution in [3.05, 3.63) is 0 Å². The van der Waals surface area contributed by atoms with E-state index in [4.69, 9.17) is 5.73 Å². The lowest BCUT2D eigenvalue weighted by Gasteiger charge is -2.37. The molecule has 0 aromatic heterocycles. The van der Waals surface area contributed by atoms with Crippen molar-refractivity contribution in [3.8, 4) is 0 Å². The Morgan fingerprint density at radius 3 is 2.31 bits per heavy atom. The molecule has 2 fully saturated rings. The SMILES string of the molecule is CCN1CC2CCC(C1)C2CCN. The lowest BCUT2D eigenvalue weighted by atomic mass is 9.83. The Balaban J connectivity index is 1.96. The minimum atomic E-state index is 0.893. The summed E-state index contributed by atoms with van der Waals surface area (Å²) in [7, 11) is 0. The van der Waals surface area contributed by atoms with E-state index in [0.29, 0.717) is 0 Å². The number of likely N-dealkylation sites (tertiary alicyclic amines) is 1. The predicted molar refractivity (Wildman–Crippen MR) is 55.5 cm³/mol. The van der Waals surface area contributed by atoms with Crippen LogP contribution in [0.4, 0.5) is 0 Å². The summed E-state index contributed by atoms with van der Waals surface area (Å²) in [5.41, 5.74) is 5.67. The fourth-order valence-corrected chi connectivity index (χ4v) is 3.35. The third kappa shape index (κ3) is 1.75. The highest BCUT2D eigenvalue weighted by Crippen LogP contribution is 2.43. The summed E-state index contributed by atoms with van der Waals surface area (Å²) in [5.74, 6) is 2.91. The Hall–Kier alpha value is -0.0800. The summed E-state index contributed by atoms with van der Waals surface area (Å²) < 4.78 is 0. The topological polar surface area (TPSA) is 29.3 Å². The van der Waals surface area contributed by atoms with E-state index >= 15 is 0 Å². The van der Waals surface area contributed by atoms with Crippen LogP contribution in [0.3, 0.4) is 0 Å². The number of nitrogens with zero attached hydrogens (tertiary/aromatic N) is 1. The van der Waals surface area contributed by atoms with E-state index < -0.39 is 0 Å². The molecule has 13 heavy (non-hydrogen) atoms. The highest BCUT2D eigenvalue weighted by Gasteiger charge is 2.40. The first kappa shape index (κ1) is 9.47. The molecule has 0 aromatic rings. The third-order valence-corrected chi connectivity index (χ3v) is 4.05. The van der Waals surface area contributed by atoms with Gasteiger partial charge in [0.25, 0.3) is 0 Å². The molecule has 2 nitrogen and oxygen atoms in total. The smallest absolute Gasteiger partial charge is 0.00124 e. The number of piperidine rings is 1. The highest BCUT2D eigenvalue weighted by molar-refractivity contribution is 4.92. The highest BCUT2D eigenvalue weighted by atomic mass is 15.1. The third-order valence-electron chi connectivity index (χ3n) is 4.05. The van der Waals surface area contributed by atoms with Gasteiger partial charge >= 0.3 is 0 Å². The van der Waals surface area contributed by atoms with Crippen molar-refractivity contribution in [1.82, 2.24) is 4.90 Å². The van der Waals surface area contributed by atoms with E-state index in [1.165, 1.54) is 38.9 Å². The lowest BCUT2D eigenvalue weighted by molar-refractivity contribution is 0.110. The number of rotatable bonds is 3. The zero-order valence-corrected chi connectivity index (χ0v) is 8.71. The van der Waals surface area contributed by atoms with Crippen LogP contribution in [-0.2, 0) is 0 Å². The minimum Gasteiger partial charge on any atom is -0.330 e. The van der Waals surface area contributed by atoms with Crippen LogP contribution in [0, 0.1) is 17.8 Å². The molecule has 2 aliphatic rings. The van der Waals surface area contributed by atoms with Crippen molar-refractivity contribution in [1.29, 1.82) is 0 Å². The van der Waals surface area contributed by atoms with E-state index in [1.807, 2.05) is 0 Å². The van der Waals surface area contributed by atoms with Crippen LogP contribution in [0.2, 0.25) is 0 Å².